The van der Waals surface area contributed by atoms with Crippen LogP contribution in [-0.2, 0) is 19.1 Å². The minimum absolute atomic E-state index is 0.0712. The van der Waals surface area contributed by atoms with Gasteiger partial charge in [-0.15, -0.1) is 0 Å². The van der Waals surface area contributed by atoms with E-state index in [2.05, 4.69) is 4.74 Å². The maximum absolute atomic E-state index is 12.0. The first-order chi connectivity index (χ1) is 7.97. The van der Waals surface area contributed by atoms with Crippen LogP contribution in [-0.4, -0.2) is 55.7 Å². The third kappa shape index (κ3) is 3.41. The maximum Gasteiger partial charge on any atom is 0.336 e. The number of amides is 1. The topological polar surface area (TPSA) is 81.9 Å². The minimum atomic E-state index is -0.697. The normalized spacial score (nSPS) is 22.4. The lowest BCUT2D eigenvalue weighted by Crippen LogP contribution is -2.54. The van der Waals surface area contributed by atoms with Crippen molar-refractivity contribution in [3.63, 3.8) is 0 Å². The Kier molecular flexibility index (Phi) is 4.89. The van der Waals surface area contributed by atoms with Gasteiger partial charge in [0.1, 0.15) is 0 Å². The summed E-state index contributed by atoms with van der Waals surface area (Å²) in [6, 6.07) is -0.536. The fourth-order valence-corrected chi connectivity index (χ4v) is 1.62. The number of hydrogen-bond donors (Lipinski definition) is 1. The summed E-state index contributed by atoms with van der Waals surface area (Å²) in [6.07, 6.45) is -0.697. The van der Waals surface area contributed by atoms with Gasteiger partial charge < -0.3 is 20.1 Å². The van der Waals surface area contributed by atoms with Crippen LogP contribution in [0.25, 0.3) is 0 Å². The maximum atomic E-state index is 12.0. The average molecular weight is 244 g/mol. The van der Waals surface area contributed by atoms with Gasteiger partial charge in [0.25, 0.3) is 0 Å². The second-order valence-corrected chi connectivity index (χ2v) is 4.44. The highest BCUT2D eigenvalue weighted by Crippen LogP contribution is 2.10. The van der Waals surface area contributed by atoms with Crippen LogP contribution in [0.1, 0.15) is 13.8 Å². The van der Waals surface area contributed by atoms with Gasteiger partial charge in [-0.25, -0.2) is 4.79 Å². The number of carbonyl (C=O) groups excluding carboxylic acids is 2. The molecule has 17 heavy (non-hydrogen) atoms. The molecule has 1 aliphatic rings. The molecular weight excluding hydrogens is 224 g/mol. The van der Waals surface area contributed by atoms with Crippen molar-refractivity contribution < 1.29 is 19.1 Å². The Morgan fingerprint density at radius 3 is 2.65 bits per heavy atom. The molecule has 0 saturated carbocycles. The number of carbonyl (C=O) groups is 2. The van der Waals surface area contributed by atoms with E-state index in [-0.39, 0.29) is 18.4 Å². The summed E-state index contributed by atoms with van der Waals surface area (Å²) >= 11 is 0. The van der Waals surface area contributed by atoms with Crippen molar-refractivity contribution in [2.75, 3.05) is 26.8 Å². The number of methoxy groups -OCH3 is 1. The first-order valence-electron chi connectivity index (χ1n) is 5.71. The van der Waals surface area contributed by atoms with E-state index in [0.717, 1.165) is 0 Å². The van der Waals surface area contributed by atoms with Gasteiger partial charge in [0, 0.05) is 6.54 Å². The molecule has 1 heterocycles. The zero-order chi connectivity index (χ0) is 13.0. The van der Waals surface area contributed by atoms with E-state index in [9.17, 15) is 9.59 Å². The van der Waals surface area contributed by atoms with E-state index in [1.54, 1.807) is 4.90 Å². The Morgan fingerprint density at radius 2 is 2.12 bits per heavy atom. The van der Waals surface area contributed by atoms with Gasteiger partial charge in [-0.1, -0.05) is 13.8 Å². The van der Waals surface area contributed by atoms with Crippen molar-refractivity contribution in [1.29, 1.82) is 0 Å². The van der Waals surface area contributed by atoms with Crippen LogP contribution in [0.3, 0.4) is 0 Å². The largest absolute Gasteiger partial charge is 0.467 e. The highest BCUT2D eigenvalue weighted by molar-refractivity contribution is 5.83. The summed E-state index contributed by atoms with van der Waals surface area (Å²) in [5, 5.41) is 0. The monoisotopic (exact) mass is 244 g/mol. The molecule has 0 spiro atoms. The predicted octanol–water partition coefficient (Wildman–Crippen LogP) is -0.630. The Bertz CT molecular complexity index is 293. The number of nitrogens with zero attached hydrogens (tertiary/aromatic N) is 1. The van der Waals surface area contributed by atoms with Gasteiger partial charge in [0.2, 0.25) is 5.91 Å². The molecule has 1 amide bonds. The molecule has 1 rings (SSSR count). The van der Waals surface area contributed by atoms with E-state index in [1.165, 1.54) is 7.11 Å². The van der Waals surface area contributed by atoms with Crippen LogP contribution in [0.2, 0.25) is 0 Å². The number of hydrogen-bond acceptors (Lipinski definition) is 5. The molecule has 0 aromatic carbocycles. The third-order valence-corrected chi connectivity index (χ3v) is 2.85. The summed E-state index contributed by atoms with van der Waals surface area (Å²) in [6.45, 7) is 4.79. The number of ether oxygens (including phenoxy) is 2. The Balaban J connectivity index is 2.60. The predicted molar refractivity (Wildman–Crippen MR) is 61.1 cm³/mol. The minimum Gasteiger partial charge on any atom is -0.467 e. The second-order valence-electron chi connectivity index (χ2n) is 4.44. The SMILES string of the molecule is COC(=O)C1CN(C(=O)[C@@H](N)C(C)C)CCO1. The molecule has 1 fully saturated rings. The number of rotatable bonds is 3. The molecule has 6 heteroatoms. The summed E-state index contributed by atoms with van der Waals surface area (Å²) in [4.78, 5) is 24.9. The van der Waals surface area contributed by atoms with E-state index in [4.69, 9.17) is 10.5 Å². The van der Waals surface area contributed by atoms with Crippen LogP contribution in [0, 0.1) is 5.92 Å². The van der Waals surface area contributed by atoms with E-state index in [1.807, 2.05) is 13.8 Å². The molecule has 0 bridgehead atoms. The summed E-state index contributed by atoms with van der Waals surface area (Å²) in [5.41, 5.74) is 5.80. The second kappa shape index (κ2) is 5.97. The van der Waals surface area contributed by atoms with Crippen LogP contribution < -0.4 is 5.73 Å². The fourth-order valence-electron chi connectivity index (χ4n) is 1.62. The van der Waals surface area contributed by atoms with E-state index < -0.39 is 18.1 Å². The van der Waals surface area contributed by atoms with Gasteiger partial charge in [-0.2, -0.15) is 0 Å². The van der Waals surface area contributed by atoms with Gasteiger partial charge in [-0.05, 0) is 5.92 Å². The summed E-state index contributed by atoms with van der Waals surface area (Å²) in [5.74, 6) is -0.528. The van der Waals surface area contributed by atoms with Crippen LogP contribution >= 0.6 is 0 Å². The summed E-state index contributed by atoms with van der Waals surface area (Å²) < 4.78 is 9.83. The zero-order valence-corrected chi connectivity index (χ0v) is 10.5. The first kappa shape index (κ1) is 13.9. The lowest BCUT2D eigenvalue weighted by Gasteiger charge is -2.33. The third-order valence-electron chi connectivity index (χ3n) is 2.85. The van der Waals surface area contributed by atoms with Gasteiger partial charge in [0.15, 0.2) is 6.10 Å². The van der Waals surface area contributed by atoms with Crippen LogP contribution in [0.4, 0.5) is 0 Å². The number of nitrogens with two attached hydrogens (primary N) is 1. The van der Waals surface area contributed by atoms with Gasteiger partial charge in [0.05, 0.1) is 26.3 Å². The summed E-state index contributed by atoms with van der Waals surface area (Å²) in [7, 11) is 1.30. The lowest BCUT2D eigenvalue weighted by molar-refractivity contribution is -0.163. The average Bonchev–Trinajstić information content (AvgIpc) is 2.36. The molecule has 1 saturated heterocycles. The van der Waals surface area contributed by atoms with E-state index >= 15 is 0 Å². The molecule has 6 nitrogen and oxygen atoms in total. The first-order valence-corrected chi connectivity index (χ1v) is 5.71. The molecule has 98 valence electrons. The molecule has 0 radical (unpaired) electrons. The standard InChI is InChI=1S/C11H20N2O4/c1-7(2)9(12)10(14)13-4-5-17-8(6-13)11(15)16-3/h7-9H,4-6,12H2,1-3H3/t8?,9-/m0/s1. The fraction of sp³-hybridized carbons (Fsp3) is 0.818. The van der Waals surface area contributed by atoms with Crippen molar-refractivity contribution in [1.82, 2.24) is 4.90 Å². The van der Waals surface area contributed by atoms with Crippen molar-refractivity contribution >= 4 is 11.9 Å². The Labute approximate surface area is 101 Å². The molecule has 0 aromatic heterocycles. The van der Waals surface area contributed by atoms with Crippen molar-refractivity contribution in [2.45, 2.75) is 26.0 Å². The highest BCUT2D eigenvalue weighted by Gasteiger charge is 2.32. The molecule has 0 aliphatic carbocycles. The van der Waals surface area contributed by atoms with Crippen LogP contribution in [0.5, 0.6) is 0 Å². The molecule has 1 unspecified atom stereocenters. The molecule has 2 N–H and O–H groups in total. The number of morpholine rings is 1. The van der Waals surface area contributed by atoms with Crippen molar-refractivity contribution in [3.05, 3.63) is 0 Å². The molecule has 0 aromatic rings. The van der Waals surface area contributed by atoms with Crippen LogP contribution in [0.15, 0.2) is 0 Å². The van der Waals surface area contributed by atoms with Gasteiger partial charge >= 0.3 is 5.97 Å². The zero-order valence-electron chi connectivity index (χ0n) is 10.5. The Hall–Kier alpha value is -1.14. The van der Waals surface area contributed by atoms with Crippen molar-refractivity contribution in [2.24, 2.45) is 11.7 Å². The van der Waals surface area contributed by atoms with E-state index in [0.29, 0.717) is 13.2 Å². The number of esters is 1. The quantitative estimate of drug-likeness (QED) is 0.668. The lowest BCUT2D eigenvalue weighted by atomic mass is 10.0. The smallest absolute Gasteiger partial charge is 0.336 e. The van der Waals surface area contributed by atoms with Gasteiger partial charge in [-0.3, -0.25) is 4.79 Å². The highest BCUT2D eigenvalue weighted by atomic mass is 16.6. The molecule has 1 aliphatic heterocycles. The van der Waals surface area contributed by atoms with Crippen molar-refractivity contribution in [3.8, 4) is 0 Å². The molecule has 2 atom stereocenters. The molecular formula is C11H20N2O4. The Morgan fingerprint density at radius 1 is 1.47 bits per heavy atom.